The largest absolute Gasteiger partial charge is 0.311 e. The van der Waals surface area contributed by atoms with Crippen LogP contribution in [0.2, 0.25) is 0 Å². The van der Waals surface area contributed by atoms with Gasteiger partial charge in [0.05, 0.1) is 6.16 Å². The molecule has 1 saturated heterocycles. The number of benzene rings is 3. The van der Waals surface area contributed by atoms with E-state index in [9.17, 15) is 0 Å². The zero-order valence-electron chi connectivity index (χ0n) is 15.2. The molecule has 1 aliphatic rings. The Labute approximate surface area is 157 Å². The highest BCUT2D eigenvalue weighted by atomic mass is 31.2. The van der Waals surface area contributed by atoms with Crippen molar-refractivity contribution in [3.63, 3.8) is 0 Å². The first-order valence-electron chi connectivity index (χ1n) is 9.68. The summed E-state index contributed by atoms with van der Waals surface area (Å²) < 4.78 is 0. The SMILES string of the molecule is c1ccc([P+](C[C@H]2CCCCN2)(c2ccccc2)c2ccccc2)cc1. The minimum Gasteiger partial charge on any atom is -0.311 e. The van der Waals surface area contributed by atoms with Gasteiger partial charge in [0.15, 0.2) is 0 Å². The highest BCUT2D eigenvalue weighted by Crippen LogP contribution is 2.56. The first-order valence-corrected chi connectivity index (χ1v) is 11.7. The first kappa shape index (κ1) is 17.5. The average Bonchev–Trinajstić information content (AvgIpc) is 2.75. The van der Waals surface area contributed by atoms with Crippen LogP contribution in [0, 0.1) is 0 Å². The van der Waals surface area contributed by atoms with Gasteiger partial charge < -0.3 is 5.32 Å². The molecule has 1 N–H and O–H groups in total. The Bertz CT molecular complexity index is 699. The van der Waals surface area contributed by atoms with E-state index < -0.39 is 7.26 Å². The van der Waals surface area contributed by atoms with Gasteiger partial charge in [-0.15, -0.1) is 0 Å². The first-order chi connectivity index (χ1) is 12.9. The van der Waals surface area contributed by atoms with Crippen LogP contribution >= 0.6 is 7.26 Å². The lowest BCUT2D eigenvalue weighted by atomic mass is 10.1. The predicted octanol–water partition coefficient (Wildman–Crippen LogP) is 4.12. The van der Waals surface area contributed by atoms with E-state index >= 15 is 0 Å². The molecule has 1 fully saturated rings. The number of hydrogen-bond acceptors (Lipinski definition) is 1. The molecule has 1 nitrogen and oxygen atoms in total. The molecule has 0 aromatic heterocycles. The Hall–Kier alpha value is -1.95. The van der Waals surface area contributed by atoms with Gasteiger partial charge in [0.25, 0.3) is 0 Å². The van der Waals surface area contributed by atoms with Crippen LogP contribution in [-0.4, -0.2) is 18.7 Å². The molecule has 0 bridgehead atoms. The highest BCUT2D eigenvalue weighted by molar-refractivity contribution is 7.95. The highest BCUT2D eigenvalue weighted by Gasteiger charge is 2.46. The van der Waals surface area contributed by atoms with Crippen molar-refractivity contribution in [3.8, 4) is 0 Å². The maximum atomic E-state index is 3.81. The van der Waals surface area contributed by atoms with Crippen molar-refractivity contribution in [1.82, 2.24) is 5.32 Å². The summed E-state index contributed by atoms with van der Waals surface area (Å²) in [7, 11) is -1.68. The van der Waals surface area contributed by atoms with Crippen LogP contribution in [0.3, 0.4) is 0 Å². The molecule has 2 heteroatoms. The zero-order valence-corrected chi connectivity index (χ0v) is 16.1. The summed E-state index contributed by atoms with van der Waals surface area (Å²) in [6, 6.07) is 34.2. The van der Waals surface area contributed by atoms with E-state index in [2.05, 4.69) is 96.3 Å². The van der Waals surface area contributed by atoms with Crippen molar-refractivity contribution >= 4 is 23.2 Å². The zero-order chi connectivity index (χ0) is 17.7. The molecule has 0 aliphatic carbocycles. The Kier molecular flexibility index (Phi) is 5.48. The van der Waals surface area contributed by atoms with Crippen LogP contribution in [0.15, 0.2) is 91.0 Å². The Morgan fingerprint density at radius 1 is 0.654 bits per heavy atom. The summed E-state index contributed by atoms with van der Waals surface area (Å²) in [5.74, 6) is 0. The van der Waals surface area contributed by atoms with Gasteiger partial charge in [-0.3, -0.25) is 0 Å². The van der Waals surface area contributed by atoms with Gasteiger partial charge in [-0.1, -0.05) is 61.0 Å². The maximum absolute atomic E-state index is 3.81. The average molecular weight is 360 g/mol. The van der Waals surface area contributed by atoms with Gasteiger partial charge >= 0.3 is 0 Å². The van der Waals surface area contributed by atoms with Gasteiger partial charge in [-0.05, 0) is 55.8 Å². The lowest BCUT2D eigenvalue weighted by molar-refractivity contribution is 0.428. The van der Waals surface area contributed by atoms with Crippen molar-refractivity contribution in [2.75, 3.05) is 12.7 Å². The number of piperidine rings is 1. The third kappa shape index (κ3) is 3.47. The lowest BCUT2D eigenvalue weighted by Gasteiger charge is -2.33. The van der Waals surface area contributed by atoms with Crippen LogP contribution in [0.25, 0.3) is 0 Å². The molecule has 1 atom stereocenters. The van der Waals surface area contributed by atoms with E-state index in [0.29, 0.717) is 6.04 Å². The Morgan fingerprint density at radius 2 is 1.12 bits per heavy atom. The van der Waals surface area contributed by atoms with Crippen molar-refractivity contribution in [1.29, 1.82) is 0 Å². The maximum Gasteiger partial charge on any atom is 0.113 e. The third-order valence-electron chi connectivity index (χ3n) is 5.50. The van der Waals surface area contributed by atoms with Crippen molar-refractivity contribution in [2.45, 2.75) is 25.3 Å². The molecule has 0 unspecified atom stereocenters. The lowest BCUT2D eigenvalue weighted by Crippen LogP contribution is -2.44. The molecule has 26 heavy (non-hydrogen) atoms. The van der Waals surface area contributed by atoms with E-state index in [0.717, 1.165) is 6.54 Å². The number of nitrogens with one attached hydrogen (secondary N) is 1. The molecule has 132 valence electrons. The van der Waals surface area contributed by atoms with Gasteiger partial charge in [-0.25, -0.2) is 0 Å². The standard InChI is InChI=1S/C24H27NP/c1-4-13-22(14-5-1)26(23-15-6-2-7-16-23,24-17-8-3-9-18-24)20-21-12-10-11-19-25-21/h1-9,13-18,21,25H,10-12,19-20H2/q+1/t21-/m1/s1. The number of rotatable bonds is 5. The summed E-state index contributed by atoms with van der Waals surface area (Å²) in [5, 5.41) is 8.28. The second-order valence-corrected chi connectivity index (χ2v) is 10.7. The van der Waals surface area contributed by atoms with Crippen molar-refractivity contribution < 1.29 is 0 Å². The van der Waals surface area contributed by atoms with E-state index in [-0.39, 0.29) is 0 Å². The Morgan fingerprint density at radius 3 is 1.50 bits per heavy atom. The van der Waals surface area contributed by atoms with E-state index in [4.69, 9.17) is 0 Å². The van der Waals surface area contributed by atoms with Crippen LogP contribution in [0.5, 0.6) is 0 Å². The Balaban J connectivity index is 1.90. The fourth-order valence-electron chi connectivity index (χ4n) is 4.22. The molecular formula is C24H27NP+. The molecule has 4 rings (SSSR count). The molecule has 3 aromatic rings. The summed E-state index contributed by atoms with van der Waals surface area (Å²) >= 11 is 0. The van der Waals surface area contributed by atoms with E-state index in [1.807, 2.05) is 0 Å². The molecule has 0 spiro atoms. The summed E-state index contributed by atoms with van der Waals surface area (Å²) in [5.41, 5.74) is 0. The normalized spacial score (nSPS) is 17.8. The molecule has 0 saturated carbocycles. The summed E-state index contributed by atoms with van der Waals surface area (Å²) in [6.07, 6.45) is 5.14. The predicted molar refractivity (Wildman–Crippen MR) is 116 cm³/mol. The molecule has 0 radical (unpaired) electrons. The van der Waals surface area contributed by atoms with Crippen molar-refractivity contribution in [2.24, 2.45) is 0 Å². The summed E-state index contributed by atoms with van der Waals surface area (Å²) in [4.78, 5) is 0. The van der Waals surface area contributed by atoms with Crippen LogP contribution < -0.4 is 21.2 Å². The monoisotopic (exact) mass is 360 g/mol. The van der Waals surface area contributed by atoms with Gasteiger partial charge in [0, 0.05) is 6.04 Å². The topological polar surface area (TPSA) is 12.0 Å². The van der Waals surface area contributed by atoms with Gasteiger partial charge in [0.1, 0.15) is 23.2 Å². The van der Waals surface area contributed by atoms with Crippen molar-refractivity contribution in [3.05, 3.63) is 91.0 Å². The second-order valence-electron chi connectivity index (χ2n) is 7.15. The van der Waals surface area contributed by atoms with E-state index in [1.54, 1.807) is 0 Å². The fraction of sp³-hybridized carbons (Fsp3) is 0.250. The molecule has 1 heterocycles. The minimum absolute atomic E-state index is 0.595. The van der Waals surface area contributed by atoms with Crippen LogP contribution in [-0.2, 0) is 0 Å². The van der Waals surface area contributed by atoms with E-state index in [1.165, 1.54) is 41.3 Å². The molecular weight excluding hydrogens is 333 g/mol. The van der Waals surface area contributed by atoms with Gasteiger partial charge in [0.2, 0.25) is 0 Å². The second kappa shape index (κ2) is 8.16. The van der Waals surface area contributed by atoms with Crippen LogP contribution in [0.1, 0.15) is 19.3 Å². The number of hydrogen-bond donors (Lipinski definition) is 1. The van der Waals surface area contributed by atoms with Crippen LogP contribution in [0.4, 0.5) is 0 Å². The molecule has 3 aromatic carbocycles. The third-order valence-corrected chi connectivity index (χ3v) is 10.0. The van der Waals surface area contributed by atoms with Gasteiger partial charge in [-0.2, -0.15) is 0 Å². The fourth-order valence-corrected chi connectivity index (χ4v) is 8.76. The quantitative estimate of drug-likeness (QED) is 0.675. The smallest absolute Gasteiger partial charge is 0.113 e. The molecule has 0 amide bonds. The summed E-state index contributed by atoms with van der Waals surface area (Å²) in [6.45, 7) is 1.16. The minimum atomic E-state index is -1.68. The molecule has 1 aliphatic heterocycles.